The van der Waals surface area contributed by atoms with Gasteiger partial charge in [0.05, 0.1) is 0 Å². The molecule has 0 aromatic rings. The normalized spacial score (nSPS) is 42.0. The second-order valence-corrected chi connectivity index (χ2v) is 12.7. The zero-order chi connectivity index (χ0) is 24.3. The van der Waals surface area contributed by atoms with E-state index in [1.807, 2.05) is 6.08 Å². The molecule has 0 amide bonds. The number of ether oxygens (including phenoxy) is 1. The molecule has 0 aromatic heterocycles. The van der Waals surface area contributed by atoms with Crippen LogP contribution in [-0.4, -0.2) is 23.1 Å². The summed E-state index contributed by atoms with van der Waals surface area (Å²) in [5.41, 5.74) is 0.966. The van der Waals surface area contributed by atoms with E-state index in [1.165, 1.54) is 31.3 Å². The SMILES string of the molecule is C=C1C[C@@H]2[C@H](CC[C@@]3(C)[C@H]2CC[C@]3(OC(=O)CCC2CCCC2)C(C)=O)[C@@]2(C)CCC(=O)C=C12. The predicted molar refractivity (Wildman–Crippen MR) is 132 cm³/mol. The number of ketones is 2. The van der Waals surface area contributed by atoms with Crippen LogP contribution in [0.3, 0.4) is 0 Å². The fourth-order valence-electron chi connectivity index (χ4n) is 9.25. The summed E-state index contributed by atoms with van der Waals surface area (Å²) < 4.78 is 6.28. The van der Waals surface area contributed by atoms with Crippen molar-refractivity contribution in [1.29, 1.82) is 0 Å². The first-order valence-electron chi connectivity index (χ1n) is 13.8. The smallest absolute Gasteiger partial charge is 0.306 e. The van der Waals surface area contributed by atoms with Gasteiger partial charge < -0.3 is 4.74 Å². The lowest BCUT2D eigenvalue weighted by molar-refractivity contribution is -0.188. The van der Waals surface area contributed by atoms with Gasteiger partial charge in [0.2, 0.25) is 0 Å². The summed E-state index contributed by atoms with van der Waals surface area (Å²) in [6, 6.07) is 0. The molecule has 0 aliphatic heterocycles. The van der Waals surface area contributed by atoms with Crippen LogP contribution in [0, 0.1) is 34.5 Å². The lowest BCUT2D eigenvalue weighted by Crippen LogP contribution is -2.58. The first kappa shape index (κ1) is 24.0. The van der Waals surface area contributed by atoms with Crippen LogP contribution in [0.15, 0.2) is 23.8 Å². The fourth-order valence-corrected chi connectivity index (χ4v) is 9.25. The first-order chi connectivity index (χ1) is 16.1. The van der Waals surface area contributed by atoms with Crippen LogP contribution >= 0.6 is 0 Å². The third kappa shape index (κ3) is 3.49. The number of allylic oxidation sites excluding steroid dienone is 2. The van der Waals surface area contributed by atoms with Crippen LogP contribution in [0.2, 0.25) is 0 Å². The standard InChI is InChI=1S/C30H42O4/c1-19-17-23-24(28(3)14-11-22(32)18-26(19)28)12-15-29(4)25(23)13-16-30(29,20(2)31)34-27(33)10-9-21-7-5-6-8-21/h18,21,23-25H,1,5-17H2,2-4H3/t23-,24+,25+,28-,29+,30+/m1/s1. The molecule has 5 aliphatic rings. The number of Topliss-reactive ketones (excluding diaryl/α,β-unsaturated/α-hetero) is 1. The van der Waals surface area contributed by atoms with Gasteiger partial charge in [0, 0.05) is 18.3 Å². The van der Waals surface area contributed by atoms with Crippen LogP contribution in [-0.2, 0) is 19.1 Å². The van der Waals surface area contributed by atoms with Crippen LogP contribution in [0.5, 0.6) is 0 Å². The number of hydrogen-bond donors (Lipinski definition) is 0. The molecule has 0 spiro atoms. The van der Waals surface area contributed by atoms with E-state index in [0.29, 0.717) is 42.9 Å². The van der Waals surface area contributed by atoms with Gasteiger partial charge in [-0.15, -0.1) is 0 Å². The van der Waals surface area contributed by atoms with Crippen molar-refractivity contribution in [2.75, 3.05) is 0 Å². The van der Waals surface area contributed by atoms with Gasteiger partial charge >= 0.3 is 5.97 Å². The maximum atomic E-state index is 13.2. The summed E-state index contributed by atoms with van der Waals surface area (Å²) in [4.78, 5) is 38.5. The molecule has 0 aromatic carbocycles. The van der Waals surface area contributed by atoms with Crippen molar-refractivity contribution in [2.24, 2.45) is 34.5 Å². The lowest BCUT2D eigenvalue weighted by atomic mass is 9.45. The van der Waals surface area contributed by atoms with Crippen molar-refractivity contribution in [1.82, 2.24) is 0 Å². The molecule has 34 heavy (non-hydrogen) atoms. The number of fused-ring (bicyclic) bond motifs is 5. The van der Waals surface area contributed by atoms with E-state index in [2.05, 4.69) is 20.4 Å². The topological polar surface area (TPSA) is 60.4 Å². The van der Waals surface area contributed by atoms with E-state index in [0.717, 1.165) is 44.1 Å². The van der Waals surface area contributed by atoms with Crippen molar-refractivity contribution in [3.05, 3.63) is 23.8 Å². The highest BCUT2D eigenvalue weighted by molar-refractivity contribution is 5.92. The Hall–Kier alpha value is -1.71. The average molecular weight is 467 g/mol. The quantitative estimate of drug-likeness (QED) is 0.432. The minimum absolute atomic E-state index is 0.00529. The van der Waals surface area contributed by atoms with Crippen LogP contribution in [0.4, 0.5) is 0 Å². The molecule has 0 heterocycles. The molecule has 0 N–H and O–H groups in total. The molecule has 186 valence electrons. The molecule has 4 saturated carbocycles. The third-order valence-corrected chi connectivity index (χ3v) is 11.1. The molecule has 0 radical (unpaired) electrons. The highest BCUT2D eigenvalue weighted by atomic mass is 16.6. The van der Waals surface area contributed by atoms with Crippen LogP contribution < -0.4 is 0 Å². The van der Waals surface area contributed by atoms with E-state index in [-0.39, 0.29) is 28.4 Å². The highest BCUT2D eigenvalue weighted by Gasteiger charge is 2.68. The van der Waals surface area contributed by atoms with Gasteiger partial charge in [0.25, 0.3) is 0 Å². The van der Waals surface area contributed by atoms with Gasteiger partial charge in [0.15, 0.2) is 17.2 Å². The Labute approximate surface area is 205 Å². The minimum Gasteiger partial charge on any atom is -0.450 e. The van der Waals surface area contributed by atoms with Crippen molar-refractivity contribution in [3.63, 3.8) is 0 Å². The van der Waals surface area contributed by atoms with E-state index >= 15 is 0 Å². The Bertz CT molecular complexity index is 939. The van der Waals surface area contributed by atoms with Gasteiger partial charge in [-0.3, -0.25) is 14.4 Å². The van der Waals surface area contributed by atoms with E-state index < -0.39 is 5.60 Å². The zero-order valence-electron chi connectivity index (χ0n) is 21.4. The Balaban J connectivity index is 1.39. The molecule has 0 unspecified atom stereocenters. The fraction of sp³-hybridized carbons (Fsp3) is 0.767. The average Bonchev–Trinajstić information content (AvgIpc) is 3.40. The molecule has 5 rings (SSSR count). The van der Waals surface area contributed by atoms with Crippen LogP contribution in [0.25, 0.3) is 0 Å². The Morgan fingerprint density at radius 2 is 1.76 bits per heavy atom. The first-order valence-corrected chi connectivity index (χ1v) is 13.8. The molecule has 6 atom stereocenters. The van der Waals surface area contributed by atoms with Crippen molar-refractivity contribution in [3.8, 4) is 0 Å². The Morgan fingerprint density at radius 1 is 1.06 bits per heavy atom. The number of carbonyl (C=O) groups is 3. The summed E-state index contributed by atoms with van der Waals surface area (Å²) >= 11 is 0. The second kappa shape index (κ2) is 8.45. The summed E-state index contributed by atoms with van der Waals surface area (Å²) in [5, 5.41) is 0. The second-order valence-electron chi connectivity index (χ2n) is 12.7. The van der Waals surface area contributed by atoms with Crippen molar-refractivity contribution >= 4 is 17.5 Å². The Morgan fingerprint density at radius 3 is 2.47 bits per heavy atom. The highest BCUT2D eigenvalue weighted by Crippen LogP contribution is 2.69. The van der Waals surface area contributed by atoms with Crippen molar-refractivity contribution in [2.45, 2.75) is 110 Å². The Kier molecular flexibility index (Phi) is 5.97. The largest absolute Gasteiger partial charge is 0.450 e. The van der Waals surface area contributed by atoms with Crippen molar-refractivity contribution < 1.29 is 19.1 Å². The molecule has 4 fully saturated rings. The predicted octanol–water partition coefficient (Wildman–Crippen LogP) is 6.53. The van der Waals surface area contributed by atoms with Gasteiger partial charge in [-0.2, -0.15) is 0 Å². The summed E-state index contributed by atoms with van der Waals surface area (Å²) in [6.45, 7) is 10.6. The van der Waals surface area contributed by atoms with E-state index in [9.17, 15) is 14.4 Å². The minimum atomic E-state index is -0.990. The molecule has 4 heteroatoms. The maximum absolute atomic E-state index is 13.2. The molecule has 0 saturated heterocycles. The monoisotopic (exact) mass is 466 g/mol. The third-order valence-electron chi connectivity index (χ3n) is 11.1. The molecule has 4 nitrogen and oxygen atoms in total. The summed E-state index contributed by atoms with van der Waals surface area (Å²) in [6.07, 6.45) is 14.1. The van der Waals surface area contributed by atoms with Crippen LogP contribution in [0.1, 0.15) is 104 Å². The van der Waals surface area contributed by atoms with Gasteiger partial charge in [-0.25, -0.2) is 0 Å². The number of rotatable bonds is 5. The number of esters is 1. The van der Waals surface area contributed by atoms with E-state index in [1.54, 1.807) is 6.92 Å². The molecular formula is C30H42O4. The zero-order valence-corrected chi connectivity index (χ0v) is 21.4. The summed E-state index contributed by atoms with van der Waals surface area (Å²) in [5.74, 6) is 1.98. The van der Waals surface area contributed by atoms with Gasteiger partial charge in [-0.1, -0.05) is 51.7 Å². The molecule has 5 aliphatic carbocycles. The van der Waals surface area contributed by atoms with E-state index in [4.69, 9.17) is 4.74 Å². The maximum Gasteiger partial charge on any atom is 0.306 e. The number of carbonyl (C=O) groups excluding carboxylic acids is 3. The molecular weight excluding hydrogens is 424 g/mol. The van der Waals surface area contributed by atoms with Gasteiger partial charge in [0.1, 0.15) is 0 Å². The number of hydrogen-bond acceptors (Lipinski definition) is 4. The molecule has 0 bridgehead atoms. The van der Waals surface area contributed by atoms with Gasteiger partial charge in [-0.05, 0) is 92.6 Å². The summed E-state index contributed by atoms with van der Waals surface area (Å²) in [7, 11) is 0. The lowest BCUT2D eigenvalue weighted by Gasteiger charge is -2.59.